The van der Waals surface area contributed by atoms with E-state index < -0.39 is 0 Å². The van der Waals surface area contributed by atoms with Gasteiger partial charge in [0.2, 0.25) is 0 Å². The zero-order chi connectivity index (χ0) is 34.9. The van der Waals surface area contributed by atoms with Crippen LogP contribution in [0.3, 0.4) is 0 Å². The van der Waals surface area contributed by atoms with Crippen LogP contribution < -0.4 is 4.90 Å². The molecular formula is C51H36N2. The van der Waals surface area contributed by atoms with E-state index in [1.807, 2.05) is 0 Å². The lowest BCUT2D eigenvalue weighted by molar-refractivity contribution is 0.631. The van der Waals surface area contributed by atoms with Gasteiger partial charge in [0.15, 0.2) is 0 Å². The SMILES string of the molecule is C1=CC(n2ccc3ccccc32)CC=C1c1ccc(N(c2ccccc2)c2ccc3c(c2)C2(c4ccccc4-c4ccccc42)c2ccccc2-3)cc1. The summed E-state index contributed by atoms with van der Waals surface area (Å²) in [6.45, 7) is 0. The molecule has 1 atom stereocenters. The molecule has 0 radical (unpaired) electrons. The number of hydrogen-bond donors (Lipinski definition) is 0. The molecule has 250 valence electrons. The summed E-state index contributed by atoms with van der Waals surface area (Å²) in [6.07, 6.45) is 10.2. The molecule has 11 rings (SSSR count). The third kappa shape index (κ3) is 4.39. The van der Waals surface area contributed by atoms with Crippen LogP contribution in [0.4, 0.5) is 17.1 Å². The zero-order valence-electron chi connectivity index (χ0n) is 29.2. The molecule has 0 saturated carbocycles. The molecular weight excluding hydrogens is 641 g/mol. The number of anilines is 3. The number of allylic oxidation sites excluding steroid dienone is 4. The molecule has 0 saturated heterocycles. The van der Waals surface area contributed by atoms with Crippen molar-refractivity contribution < 1.29 is 0 Å². The number of hydrogen-bond acceptors (Lipinski definition) is 1. The molecule has 8 aromatic rings. The van der Waals surface area contributed by atoms with Crippen LogP contribution in [0.1, 0.15) is 40.3 Å². The monoisotopic (exact) mass is 676 g/mol. The Morgan fingerprint density at radius 3 is 1.72 bits per heavy atom. The highest BCUT2D eigenvalue weighted by atomic mass is 15.1. The highest BCUT2D eigenvalue weighted by Gasteiger charge is 2.51. The Morgan fingerprint density at radius 1 is 0.491 bits per heavy atom. The van der Waals surface area contributed by atoms with Gasteiger partial charge in [-0.2, -0.15) is 0 Å². The number of fused-ring (bicyclic) bond motifs is 11. The van der Waals surface area contributed by atoms with Crippen molar-refractivity contribution in [2.45, 2.75) is 17.9 Å². The number of rotatable bonds is 5. The Labute approximate surface area is 310 Å². The lowest BCUT2D eigenvalue weighted by Crippen LogP contribution is -2.26. The molecule has 53 heavy (non-hydrogen) atoms. The fourth-order valence-corrected chi connectivity index (χ4v) is 9.47. The second-order valence-corrected chi connectivity index (χ2v) is 14.4. The van der Waals surface area contributed by atoms with Gasteiger partial charge < -0.3 is 9.47 Å². The molecule has 1 spiro atoms. The third-order valence-electron chi connectivity index (χ3n) is 11.8. The first-order chi connectivity index (χ1) is 26.3. The van der Waals surface area contributed by atoms with Gasteiger partial charge in [0, 0.05) is 28.8 Å². The molecule has 7 aromatic carbocycles. The van der Waals surface area contributed by atoms with E-state index in [0.717, 1.165) is 23.5 Å². The Hall–Kier alpha value is -6.64. The van der Waals surface area contributed by atoms with E-state index in [4.69, 9.17) is 0 Å². The maximum atomic E-state index is 2.46. The molecule has 1 heterocycles. The summed E-state index contributed by atoms with van der Waals surface area (Å²) in [5.41, 5.74) is 17.5. The van der Waals surface area contributed by atoms with Crippen LogP contribution in [0.15, 0.2) is 200 Å². The van der Waals surface area contributed by atoms with Gasteiger partial charge in [0.05, 0.1) is 11.5 Å². The van der Waals surface area contributed by atoms with Gasteiger partial charge in [-0.3, -0.25) is 0 Å². The van der Waals surface area contributed by atoms with E-state index in [2.05, 4.69) is 210 Å². The van der Waals surface area contributed by atoms with Gasteiger partial charge in [-0.1, -0.05) is 146 Å². The van der Waals surface area contributed by atoms with Crippen molar-refractivity contribution in [1.29, 1.82) is 0 Å². The van der Waals surface area contributed by atoms with Crippen LogP contribution in [-0.4, -0.2) is 4.57 Å². The molecule has 0 fully saturated rings. The number of para-hydroxylation sites is 2. The minimum absolute atomic E-state index is 0.319. The molecule has 3 aliphatic rings. The molecule has 1 aromatic heterocycles. The summed E-state index contributed by atoms with van der Waals surface area (Å²) >= 11 is 0. The fourth-order valence-electron chi connectivity index (χ4n) is 9.47. The maximum Gasteiger partial charge on any atom is 0.0726 e. The number of nitrogens with zero attached hydrogens (tertiary/aromatic N) is 2. The molecule has 0 amide bonds. The quantitative estimate of drug-likeness (QED) is 0.176. The summed E-state index contributed by atoms with van der Waals surface area (Å²) in [5.74, 6) is 0. The van der Waals surface area contributed by atoms with Gasteiger partial charge in [0.25, 0.3) is 0 Å². The summed E-state index contributed by atoms with van der Waals surface area (Å²) < 4.78 is 2.39. The standard InChI is InChI=1S/C51H36N2/c1-2-13-39(14-3-1)53(40-28-24-36(25-29-40)35-22-26-38(27-23-35)52-33-32-37-12-4-11-21-50(37)52)41-30-31-45-44-17-7-10-20-48(44)51(49(45)34-41)46-18-8-5-15-42(46)43-16-6-9-19-47(43)51/h1-26,28-34,38H,27H2. The van der Waals surface area contributed by atoms with Gasteiger partial charge in [-0.25, -0.2) is 0 Å². The highest BCUT2D eigenvalue weighted by Crippen LogP contribution is 2.63. The molecule has 3 aliphatic carbocycles. The van der Waals surface area contributed by atoms with Crippen LogP contribution in [0, 0.1) is 0 Å². The van der Waals surface area contributed by atoms with Crippen molar-refractivity contribution in [3.63, 3.8) is 0 Å². The van der Waals surface area contributed by atoms with E-state index in [1.165, 1.54) is 66.5 Å². The zero-order valence-corrected chi connectivity index (χ0v) is 29.2. The van der Waals surface area contributed by atoms with Gasteiger partial charge in [-0.15, -0.1) is 0 Å². The largest absolute Gasteiger partial charge is 0.340 e. The lowest BCUT2D eigenvalue weighted by atomic mass is 9.70. The van der Waals surface area contributed by atoms with Crippen molar-refractivity contribution >= 4 is 33.5 Å². The van der Waals surface area contributed by atoms with Crippen LogP contribution >= 0.6 is 0 Å². The summed E-state index contributed by atoms with van der Waals surface area (Å²) in [6, 6.07) is 65.3. The van der Waals surface area contributed by atoms with Crippen molar-refractivity contribution in [2.24, 2.45) is 0 Å². The first-order valence-corrected chi connectivity index (χ1v) is 18.6. The van der Waals surface area contributed by atoms with Crippen molar-refractivity contribution in [2.75, 3.05) is 4.90 Å². The molecule has 2 heteroatoms. The molecule has 1 unspecified atom stereocenters. The average molecular weight is 677 g/mol. The number of benzene rings is 7. The van der Waals surface area contributed by atoms with Crippen LogP contribution in [-0.2, 0) is 5.41 Å². The van der Waals surface area contributed by atoms with Crippen LogP contribution in [0.5, 0.6) is 0 Å². The van der Waals surface area contributed by atoms with E-state index in [9.17, 15) is 0 Å². The Balaban J connectivity index is 1.00. The lowest BCUT2D eigenvalue weighted by Gasteiger charge is -2.32. The predicted octanol–water partition coefficient (Wildman–Crippen LogP) is 13.0. The first-order valence-electron chi connectivity index (χ1n) is 18.6. The number of aromatic nitrogens is 1. The Kier molecular flexibility index (Phi) is 6.63. The van der Waals surface area contributed by atoms with Gasteiger partial charge in [0.1, 0.15) is 0 Å². The normalized spacial score (nSPS) is 15.8. The minimum Gasteiger partial charge on any atom is -0.340 e. The van der Waals surface area contributed by atoms with E-state index in [1.54, 1.807) is 0 Å². The van der Waals surface area contributed by atoms with Crippen molar-refractivity contribution in [1.82, 2.24) is 4.57 Å². The minimum atomic E-state index is -0.383. The second-order valence-electron chi connectivity index (χ2n) is 14.4. The Bertz CT molecular complexity index is 2700. The molecule has 0 bridgehead atoms. The van der Waals surface area contributed by atoms with Gasteiger partial charge >= 0.3 is 0 Å². The highest BCUT2D eigenvalue weighted by molar-refractivity contribution is 5.96. The third-order valence-corrected chi connectivity index (χ3v) is 11.8. The van der Waals surface area contributed by atoms with Crippen molar-refractivity contribution in [3.8, 4) is 22.3 Å². The van der Waals surface area contributed by atoms with Crippen molar-refractivity contribution in [3.05, 3.63) is 228 Å². The fraction of sp³-hybridized carbons (Fsp3) is 0.0588. The second kappa shape index (κ2) is 11.7. The smallest absolute Gasteiger partial charge is 0.0726 e. The summed E-state index contributed by atoms with van der Waals surface area (Å²) in [5, 5.41) is 1.29. The van der Waals surface area contributed by atoms with Gasteiger partial charge in [-0.05, 0) is 116 Å². The first kappa shape index (κ1) is 30.0. The molecule has 2 nitrogen and oxygen atoms in total. The average Bonchev–Trinajstić information content (AvgIpc) is 3.89. The predicted molar refractivity (Wildman–Crippen MR) is 220 cm³/mol. The summed E-state index contributed by atoms with van der Waals surface area (Å²) in [4.78, 5) is 2.41. The van der Waals surface area contributed by atoms with E-state index in [-0.39, 0.29) is 5.41 Å². The van der Waals surface area contributed by atoms with Crippen LogP contribution in [0.25, 0.3) is 38.7 Å². The maximum absolute atomic E-state index is 2.46. The molecule has 0 aliphatic heterocycles. The summed E-state index contributed by atoms with van der Waals surface area (Å²) in [7, 11) is 0. The Morgan fingerprint density at radius 2 is 1.06 bits per heavy atom. The van der Waals surface area contributed by atoms with Crippen LogP contribution in [0.2, 0.25) is 0 Å². The topological polar surface area (TPSA) is 8.17 Å². The van der Waals surface area contributed by atoms with E-state index >= 15 is 0 Å². The van der Waals surface area contributed by atoms with E-state index in [0.29, 0.717) is 6.04 Å². The molecule has 0 N–H and O–H groups in total.